The molecule has 1 heterocycles. The molecule has 0 spiro atoms. The van der Waals surface area contributed by atoms with E-state index < -0.39 is 4.92 Å². The highest BCUT2D eigenvalue weighted by Crippen LogP contribution is 2.45. The van der Waals surface area contributed by atoms with Crippen molar-refractivity contribution >= 4 is 21.6 Å². The lowest BCUT2D eigenvalue weighted by Gasteiger charge is -2.41. The maximum absolute atomic E-state index is 11.3. The third-order valence-corrected chi connectivity index (χ3v) is 5.70. The molecule has 0 bridgehead atoms. The van der Waals surface area contributed by atoms with Crippen LogP contribution in [0.3, 0.4) is 0 Å². The first-order valence-electron chi connectivity index (χ1n) is 8.69. The highest BCUT2D eigenvalue weighted by molar-refractivity contribution is 9.10. The molecule has 3 rings (SSSR count). The van der Waals surface area contributed by atoms with Crippen molar-refractivity contribution in [2.24, 2.45) is 5.92 Å². The molecule has 1 saturated carbocycles. The molecule has 2 N–H and O–H groups in total. The topological polar surface area (TPSA) is 78.6 Å². The first-order chi connectivity index (χ1) is 11.6. The number of nitrogens with one attached hydrogen (secondary N) is 1. The average Bonchev–Trinajstić information content (AvgIpc) is 2.59. The second-order valence-corrected chi connectivity index (χ2v) is 7.66. The van der Waals surface area contributed by atoms with Gasteiger partial charge >= 0.3 is 5.69 Å². The minimum absolute atomic E-state index is 0.0450. The number of hydrogen-bond donors (Lipinski definition) is 2. The van der Waals surface area contributed by atoms with Crippen molar-refractivity contribution in [2.45, 2.75) is 38.1 Å². The van der Waals surface area contributed by atoms with Crippen LogP contribution in [0.4, 0.5) is 5.69 Å². The smallest absolute Gasteiger partial charge is 0.312 e. The first-order valence-corrected chi connectivity index (χ1v) is 9.49. The molecule has 0 radical (unpaired) electrons. The predicted octanol–water partition coefficient (Wildman–Crippen LogP) is 3.59. The Bertz CT molecular complexity index is 581. The Kier molecular flexibility index (Phi) is 5.73. The summed E-state index contributed by atoms with van der Waals surface area (Å²) >= 11 is 3.39. The second-order valence-electron chi connectivity index (χ2n) is 6.75. The normalized spacial score (nSPS) is 21.5. The van der Waals surface area contributed by atoms with Crippen LogP contribution in [0.15, 0.2) is 16.6 Å². The molecule has 0 aromatic heterocycles. The van der Waals surface area contributed by atoms with Crippen LogP contribution in [0.5, 0.6) is 5.75 Å². The van der Waals surface area contributed by atoms with E-state index in [1.165, 1.54) is 25.3 Å². The van der Waals surface area contributed by atoms with Crippen molar-refractivity contribution in [3.05, 3.63) is 32.3 Å². The molecule has 1 aliphatic carbocycles. The van der Waals surface area contributed by atoms with Gasteiger partial charge in [0, 0.05) is 48.3 Å². The molecule has 0 unspecified atom stereocenters. The van der Waals surface area contributed by atoms with E-state index in [0.717, 1.165) is 39.0 Å². The molecule has 7 heteroatoms. The number of halogens is 1. The van der Waals surface area contributed by atoms with Gasteiger partial charge in [0.2, 0.25) is 0 Å². The molecule has 1 atom stereocenters. The second kappa shape index (κ2) is 7.80. The molecule has 2 fully saturated rings. The number of hydrogen-bond acceptors (Lipinski definition) is 5. The van der Waals surface area contributed by atoms with Gasteiger partial charge in [-0.25, -0.2) is 0 Å². The maximum Gasteiger partial charge on any atom is 0.312 e. The maximum atomic E-state index is 11.3. The molecular formula is C17H24BrN3O3. The summed E-state index contributed by atoms with van der Waals surface area (Å²) < 4.78 is 0.651. The number of aromatic hydroxyl groups is 1. The van der Waals surface area contributed by atoms with Gasteiger partial charge in [-0.3, -0.25) is 15.0 Å². The number of nitrogens with zero attached hydrogens (tertiary/aromatic N) is 2. The quantitative estimate of drug-likeness (QED) is 0.599. The molecule has 6 nitrogen and oxygen atoms in total. The predicted molar refractivity (Wildman–Crippen MR) is 96.2 cm³/mol. The molecular weight excluding hydrogens is 374 g/mol. The van der Waals surface area contributed by atoms with Gasteiger partial charge in [0.15, 0.2) is 5.75 Å². The summed E-state index contributed by atoms with van der Waals surface area (Å²) in [7, 11) is 0. The van der Waals surface area contributed by atoms with Crippen LogP contribution < -0.4 is 5.32 Å². The van der Waals surface area contributed by atoms with Gasteiger partial charge in [-0.2, -0.15) is 0 Å². The van der Waals surface area contributed by atoms with Gasteiger partial charge in [-0.1, -0.05) is 35.2 Å². The molecule has 0 amide bonds. The van der Waals surface area contributed by atoms with Gasteiger partial charge < -0.3 is 10.4 Å². The van der Waals surface area contributed by atoms with E-state index in [0.29, 0.717) is 16.0 Å². The number of rotatable bonds is 4. The van der Waals surface area contributed by atoms with Crippen LogP contribution >= 0.6 is 15.9 Å². The van der Waals surface area contributed by atoms with Crippen LogP contribution in [0.25, 0.3) is 0 Å². The molecule has 1 aromatic rings. The van der Waals surface area contributed by atoms with E-state index in [1.807, 2.05) is 6.07 Å². The van der Waals surface area contributed by atoms with E-state index in [-0.39, 0.29) is 17.5 Å². The third kappa shape index (κ3) is 3.73. The van der Waals surface area contributed by atoms with E-state index in [4.69, 9.17) is 0 Å². The molecule has 1 saturated heterocycles. The van der Waals surface area contributed by atoms with E-state index in [9.17, 15) is 15.2 Å². The SMILES string of the molecule is O=[N+]([O-])c1cc(Br)cc([C@@H](C2CCCCC2)N2CCNCC2)c1O. The Morgan fingerprint density at radius 2 is 1.92 bits per heavy atom. The van der Waals surface area contributed by atoms with Crippen molar-refractivity contribution < 1.29 is 10.0 Å². The van der Waals surface area contributed by atoms with Crippen LogP contribution in [0.1, 0.15) is 43.7 Å². The fraction of sp³-hybridized carbons (Fsp3) is 0.647. The zero-order chi connectivity index (χ0) is 17.1. The van der Waals surface area contributed by atoms with E-state index >= 15 is 0 Å². The summed E-state index contributed by atoms with van der Waals surface area (Å²) in [6, 6.07) is 3.29. The molecule has 2 aliphatic rings. The van der Waals surface area contributed by atoms with Crippen LogP contribution in [-0.2, 0) is 0 Å². The Hall–Kier alpha value is -1.18. The summed E-state index contributed by atoms with van der Waals surface area (Å²) in [5.41, 5.74) is 0.486. The van der Waals surface area contributed by atoms with Crippen LogP contribution in [-0.4, -0.2) is 41.1 Å². The summed E-state index contributed by atoms with van der Waals surface area (Å²) in [6.45, 7) is 3.64. The van der Waals surface area contributed by atoms with E-state index in [2.05, 4.69) is 26.1 Å². The fourth-order valence-electron chi connectivity index (χ4n) is 4.13. The number of benzene rings is 1. The van der Waals surface area contributed by atoms with E-state index in [1.54, 1.807) is 0 Å². The molecule has 1 aliphatic heterocycles. The Labute approximate surface area is 150 Å². The Morgan fingerprint density at radius 3 is 2.54 bits per heavy atom. The molecule has 24 heavy (non-hydrogen) atoms. The lowest BCUT2D eigenvalue weighted by atomic mass is 9.79. The average molecular weight is 398 g/mol. The summed E-state index contributed by atoms with van der Waals surface area (Å²) in [6.07, 6.45) is 5.90. The number of nitro groups is 1. The van der Waals surface area contributed by atoms with Gasteiger partial charge in [-0.15, -0.1) is 0 Å². The fourth-order valence-corrected chi connectivity index (χ4v) is 4.59. The zero-order valence-electron chi connectivity index (χ0n) is 13.7. The third-order valence-electron chi connectivity index (χ3n) is 5.24. The van der Waals surface area contributed by atoms with Crippen molar-refractivity contribution in [2.75, 3.05) is 26.2 Å². The Balaban J connectivity index is 2.02. The first kappa shape index (κ1) is 17.6. The largest absolute Gasteiger partial charge is 0.502 e. The van der Waals surface area contributed by atoms with Crippen LogP contribution in [0, 0.1) is 16.0 Å². The van der Waals surface area contributed by atoms with Gasteiger partial charge in [0.25, 0.3) is 0 Å². The highest BCUT2D eigenvalue weighted by atomic mass is 79.9. The Morgan fingerprint density at radius 1 is 1.25 bits per heavy atom. The monoisotopic (exact) mass is 397 g/mol. The van der Waals surface area contributed by atoms with Gasteiger partial charge in [-0.05, 0) is 24.8 Å². The van der Waals surface area contributed by atoms with Gasteiger partial charge in [0.05, 0.1) is 4.92 Å². The minimum atomic E-state index is -0.501. The van der Waals surface area contributed by atoms with Crippen molar-refractivity contribution in [1.29, 1.82) is 0 Å². The summed E-state index contributed by atoms with van der Waals surface area (Å²) in [5.74, 6) is 0.272. The van der Waals surface area contributed by atoms with Crippen molar-refractivity contribution in [3.63, 3.8) is 0 Å². The molecule has 132 valence electrons. The summed E-state index contributed by atoms with van der Waals surface area (Å²) in [5, 5.41) is 25.3. The number of nitro benzene ring substituents is 1. The van der Waals surface area contributed by atoms with Crippen LogP contribution in [0.2, 0.25) is 0 Å². The zero-order valence-corrected chi connectivity index (χ0v) is 15.3. The lowest BCUT2D eigenvalue weighted by Crippen LogP contribution is -2.47. The van der Waals surface area contributed by atoms with Crippen molar-refractivity contribution in [3.8, 4) is 5.75 Å². The highest BCUT2D eigenvalue weighted by Gasteiger charge is 2.35. The minimum Gasteiger partial charge on any atom is -0.502 e. The lowest BCUT2D eigenvalue weighted by molar-refractivity contribution is -0.386. The van der Waals surface area contributed by atoms with Crippen molar-refractivity contribution in [1.82, 2.24) is 10.2 Å². The molecule has 1 aromatic carbocycles. The number of piperazine rings is 1. The van der Waals surface area contributed by atoms with Gasteiger partial charge in [0.1, 0.15) is 0 Å². The standard InChI is InChI=1S/C17H24BrN3O3/c18-13-10-14(17(22)15(11-13)21(23)24)16(12-4-2-1-3-5-12)20-8-6-19-7-9-20/h10-12,16,19,22H,1-9H2/t16-/m1/s1. The summed E-state index contributed by atoms with van der Waals surface area (Å²) in [4.78, 5) is 13.2. The number of phenols is 1. The number of phenolic OH excluding ortho intramolecular Hbond substituents is 1.